The van der Waals surface area contributed by atoms with Crippen molar-refractivity contribution in [3.8, 4) is 0 Å². The van der Waals surface area contributed by atoms with Crippen molar-refractivity contribution in [2.24, 2.45) is 20.0 Å². The largest absolute Gasteiger partial charge is 0.341 e. The van der Waals surface area contributed by atoms with E-state index in [2.05, 4.69) is 5.32 Å². The molecule has 0 bridgehead atoms. The average Bonchev–Trinajstić information content (AvgIpc) is 3.07. The lowest BCUT2D eigenvalue weighted by Crippen LogP contribution is -2.41. The second-order valence-electron chi connectivity index (χ2n) is 7.10. The lowest BCUT2D eigenvalue weighted by Gasteiger charge is -2.32. The van der Waals surface area contributed by atoms with Crippen LogP contribution < -0.4 is 16.6 Å². The molecule has 1 aliphatic heterocycles. The van der Waals surface area contributed by atoms with Gasteiger partial charge in [-0.1, -0.05) is 0 Å². The van der Waals surface area contributed by atoms with E-state index >= 15 is 0 Å². The number of carbonyl (C=O) groups excluding carboxylic acids is 1. The number of fused-ring (bicyclic) bond motifs is 1. The first-order valence-electron chi connectivity index (χ1n) is 9.11. The fraction of sp³-hybridized carbons (Fsp3) is 0.611. The highest BCUT2D eigenvalue weighted by Crippen LogP contribution is 2.20. The summed E-state index contributed by atoms with van der Waals surface area (Å²) in [6.07, 6.45) is 4.91. The number of likely N-dealkylation sites (tertiary alicyclic amines) is 1. The summed E-state index contributed by atoms with van der Waals surface area (Å²) in [5.41, 5.74) is -0.227. The van der Waals surface area contributed by atoms with Gasteiger partial charge >= 0.3 is 5.69 Å². The Morgan fingerprint density at radius 2 is 1.88 bits per heavy atom. The summed E-state index contributed by atoms with van der Waals surface area (Å²) < 4.78 is 4.21. The van der Waals surface area contributed by atoms with Crippen LogP contribution in [0.3, 0.4) is 0 Å². The molecule has 0 atom stereocenters. The second-order valence-corrected chi connectivity index (χ2v) is 7.10. The summed E-state index contributed by atoms with van der Waals surface area (Å²) in [7, 11) is 5.05. The van der Waals surface area contributed by atoms with E-state index in [1.807, 2.05) is 11.9 Å². The number of piperidine rings is 1. The molecule has 0 saturated carbocycles. The first kappa shape index (κ1) is 18.4. The van der Waals surface area contributed by atoms with Crippen LogP contribution in [0.15, 0.2) is 21.9 Å². The third kappa shape index (κ3) is 3.33. The van der Waals surface area contributed by atoms with Crippen LogP contribution in [0.5, 0.6) is 0 Å². The molecule has 1 amide bonds. The number of nitrogens with zero attached hydrogens (tertiary/aromatic N) is 4. The van der Waals surface area contributed by atoms with Crippen LogP contribution in [-0.4, -0.2) is 51.2 Å². The molecule has 2 aromatic heterocycles. The fourth-order valence-corrected chi connectivity index (χ4v) is 3.78. The number of nitrogens with one attached hydrogen (secondary N) is 1. The molecule has 3 heterocycles. The standard InChI is InChI=1S/C18H27N5O3/c1-19-8-4-13-5-9-22(10-6-13)15(24)12-23-11-7-14-16(23)20(2)18(26)21(3)17(14)25/h7,11,13,19H,4-6,8-10,12H2,1-3H3. The Morgan fingerprint density at radius 1 is 1.19 bits per heavy atom. The summed E-state index contributed by atoms with van der Waals surface area (Å²) in [6, 6.07) is 1.67. The van der Waals surface area contributed by atoms with Gasteiger partial charge in [-0.05, 0) is 44.8 Å². The van der Waals surface area contributed by atoms with E-state index in [4.69, 9.17) is 0 Å². The maximum absolute atomic E-state index is 12.7. The van der Waals surface area contributed by atoms with E-state index in [9.17, 15) is 14.4 Å². The van der Waals surface area contributed by atoms with Crippen LogP contribution in [-0.2, 0) is 25.4 Å². The molecule has 0 aliphatic carbocycles. The maximum Gasteiger partial charge on any atom is 0.332 e. The minimum atomic E-state index is -0.389. The van der Waals surface area contributed by atoms with Crippen molar-refractivity contribution in [1.82, 2.24) is 23.9 Å². The van der Waals surface area contributed by atoms with Crippen molar-refractivity contribution in [1.29, 1.82) is 0 Å². The minimum Gasteiger partial charge on any atom is -0.341 e. The maximum atomic E-state index is 12.7. The van der Waals surface area contributed by atoms with Crippen LogP contribution in [0.2, 0.25) is 0 Å². The van der Waals surface area contributed by atoms with Crippen molar-refractivity contribution in [3.05, 3.63) is 33.1 Å². The van der Waals surface area contributed by atoms with Crippen LogP contribution in [0, 0.1) is 5.92 Å². The molecule has 1 N–H and O–H groups in total. The number of carbonyl (C=O) groups is 1. The Kier molecular flexibility index (Phi) is 5.31. The number of hydrogen-bond acceptors (Lipinski definition) is 4. The summed E-state index contributed by atoms with van der Waals surface area (Å²) in [6.45, 7) is 2.70. The second kappa shape index (κ2) is 7.49. The molecule has 26 heavy (non-hydrogen) atoms. The van der Waals surface area contributed by atoms with Gasteiger partial charge in [-0.3, -0.25) is 18.7 Å². The van der Waals surface area contributed by atoms with E-state index in [1.54, 1.807) is 23.9 Å². The quantitative estimate of drug-likeness (QED) is 0.806. The molecule has 1 aliphatic rings. The smallest absolute Gasteiger partial charge is 0.332 e. The molecular formula is C18H27N5O3. The predicted octanol–water partition coefficient (Wildman–Crippen LogP) is -0.113. The highest BCUT2D eigenvalue weighted by Gasteiger charge is 2.23. The average molecular weight is 361 g/mol. The molecule has 0 radical (unpaired) electrons. The minimum absolute atomic E-state index is 0.0303. The molecule has 0 aromatic carbocycles. The normalized spacial score (nSPS) is 15.7. The van der Waals surface area contributed by atoms with E-state index in [1.165, 1.54) is 11.6 Å². The Labute approximate surface area is 152 Å². The van der Waals surface area contributed by atoms with Crippen molar-refractivity contribution in [3.63, 3.8) is 0 Å². The lowest BCUT2D eigenvalue weighted by molar-refractivity contribution is -0.133. The van der Waals surface area contributed by atoms with Crippen molar-refractivity contribution < 1.29 is 4.79 Å². The van der Waals surface area contributed by atoms with Crippen LogP contribution in [0.4, 0.5) is 0 Å². The molecule has 3 rings (SSSR count). The van der Waals surface area contributed by atoms with Gasteiger partial charge in [0, 0.05) is 33.4 Å². The zero-order valence-corrected chi connectivity index (χ0v) is 15.7. The van der Waals surface area contributed by atoms with E-state index in [0.29, 0.717) is 17.0 Å². The molecule has 142 valence electrons. The number of hydrogen-bond donors (Lipinski definition) is 1. The van der Waals surface area contributed by atoms with Gasteiger partial charge in [0.15, 0.2) is 0 Å². The van der Waals surface area contributed by atoms with Gasteiger partial charge in [-0.15, -0.1) is 0 Å². The van der Waals surface area contributed by atoms with Crippen molar-refractivity contribution >= 4 is 16.9 Å². The monoisotopic (exact) mass is 361 g/mol. The molecule has 0 unspecified atom stereocenters. The van der Waals surface area contributed by atoms with E-state index < -0.39 is 0 Å². The van der Waals surface area contributed by atoms with E-state index in [-0.39, 0.29) is 23.7 Å². The highest BCUT2D eigenvalue weighted by molar-refractivity contribution is 5.80. The van der Waals surface area contributed by atoms with Gasteiger partial charge in [0.25, 0.3) is 5.56 Å². The van der Waals surface area contributed by atoms with Gasteiger partial charge in [0.05, 0.1) is 5.39 Å². The summed E-state index contributed by atoms with van der Waals surface area (Å²) in [5.74, 6) is 0.699. The number of aryl methyl sites for hydroxylation is 1. The zero-order valence-electron chi connectivity index (χ0n) is 15.7. The van der Waals surface area contributed by atoms with Gasteiger partial charge in [0.2, 0.25) is 5.91 Å². The number of amides is 1. The summed E-state index contributed by atoms with van der Waals surface area (Å²) >= 11 is 0. The number of rotatable bonds is 5. The molecule has 8 heteroatoms. The Balaban J connectivity index is 1.75. The van der Waals surface area contributed by atoms with Crippen molar-refractivity contribution in [2.45, 2.75) is 25.8 Å². The van der Waals surface area contributed by atoms with Crippen LogP contribution in [0.1, 0.15) is 19.3 Å². The predicted molar refractivity (Wildman–Crippen MR) is 100 cm³/mol. The molecule has 1 saturated heterocycles. The molecule has 1 fully saturated rings. The Hall–Kier alpha value is -2.35. The first-order chi connectivity index (χ1) is 12.4. The Morgan fingerprint density at radius 3 is 2.54 bits per heavy atom. The van der Waals surface area contributed by atoms with Gasteiger partial charge in [0.1, 0.15) is 12.2 Å². The SMILES string of the molecule is CNCCC1CCN(C(=O)Cn2ccc3c(=O)n(C)c(=O)n(C)c32)CC1. The lowest BCUT2D eigenvalue weighted by atomic mass is 9.93. The van der Waals surface area contributed by atoms with Crippen LogP contribution in [0.25, 0.3) is 11.0 Å². The highest BCUT2D eigenvalue weighted by atomic mass is 16.2. The molecule has 2 aromatic rings. The molecular weight excluding hydrogens is 334 g/mol. The van der Waals surface area contributed by atoms with Gasteiger partial charge < -0.3 is 14.8 Å². The molecule has 0 spiro atoms. The third-order valence-corrected chi connectivity index (χ3v) is 5.44. The zero-order chi connectivity index (χ0) is 18.8. The van der Waals surface area contributed by atoms with Crippen LogP contribution >= 0.6 is 0 Å². The first-order valence-corrected chi connectivity index (χ1v) is 9.11. The topological polar surface area (TPSA) is 81.3 Å². The van der Waals surface area contributed by atoms with Crippen molar-refractivity contribution in [2.75, 3.05) is 26.7 Å². The summed E-state index contributed by atoms with van der Waals surface area (Å²) in [4.78, 5) is 39.0. The van der Waals surface area contributed by atoms with Gasteiger partial charge in [-0.2, -0.15) is 0 Å². The summed E-state index contributed by atoms with van der Waals surface area (Å²) in [5, 5.41) is 3.63. The number of aromatic nitrogens is 3. The molecule has 8 nitrogen and oxygen atoms in total. The van der Waals surface area contributed by atoms with Gasteiger partial charge in [-0.25, -0.2) is 4.79 Å². The Bertz CT molecular complexity index is 915. The third-order valence-electron chi connectivity index (χ3n) is 5.44. The van der Waals surface area contributed by atoms with E-state index in [0.717, 1.165) is 43.5 Å². The fourth-order valence-electron chi connectivity index (χ4n) is 3.78.